The van der Waals surface area contributed by atoms with Gasteiger partial charge in [0.1, 0.15) is 0 Å². The van der Waals surface area contributed by atoms with Gasteiger partial charge in [0.05, 0.1) is 6.10 Å². The molecule has 0 aromatic rings. The standard InChI is InChI=1S/C13H25NO/c1-10-7-14(8-11(10)2)9-12-5-3-4-6-13(12)15/h10-13,15H,3-9H2,1-2H3. The molecule has 15 heavy (non-hydrogen) atoms. The van der Waals surface area contributed by atoms with Crippen molar-refractivity contribution in [2.45, 2.75) is 45.6 Å². The van der Waals surface area contributed by atoms with E-state index in [4.69, 9.17) is 0 Å². The lowest BCUT2D eigenvalue weighted by atomic mass is 9.86. The highest BCUT2D eigenvalue weighted by molar-refractivity contribution is 4.83. The highest BCUT2D eigenvalue weighted by Crippen LogP contribution is 2.28. The number of hydrogen-bond acceptors (Lipinski definition) is 2. The topological polar surface area (TPSA) is 23.5 Å². The fraction of sp³-hybridized carbons (Fsp3) is 1.00. The summed E-state index contributed by atoms with van der Waals surface area (Å²) in [4.78, 5) is 2.56. The quantitative estimate of drug-likeness (QED) is 0.756. The van der Waals surface area contributed by atoms with Crippen LogP contribution in [0.25, 0.3) is 0 Å². The number of rotatable bonds is 2. The van der Waals surface area contributed by atoms with E-state index in [2.05, 4.69) is 18.7 Å². The lowest BCUT2D eigenvalue weighted by molar-refractivity contribution is 0.0501. The van der Waals surface area contributed by atoms with Gasteiger partial charge >= 0.3 is 0 Å². The summed E-state index contributed by atoms with van der Waals surface area (Å²) in [6.45, 7) is 8.31. The fourth-order valence-corrected chi connectivity index (χ4v) is 3.13. The van der Waals surface area contributed by atoms with Crippen LogP contribution in [0.5, 0.6) is 0 Å². The Morgan fingerprint density at radius 1 is 1.07 bits per heavy atom. The number of likely N-dealkylation sites (tertiary alicyclic amines) is 1. The summed E-state index contributed by atoms with van der Waals surface area (Å²) in [6, 6.07) is 0. The smallest absolute Gasteiger partial charge is 0.0580 e. The van der Waals surface area contributed by atoms with Crippen molar-refractivity contribution in [3.05, 3.63) is 0 Å². The molecular formula is C13H25NO. The van der Waals surface area contributed by atoms with Crippen molar-refractivity contribution in [1.82, 2.24) is 4.90 Å². The summed E-state index contributed by atoms with van der Waals surface area (Å²) in [5.41, 5.74) is 0. The van der Waals surface area contributed by atoms with E-state index in [0.717, 1.165) is 24.8 Å². The first-order chi connectivity index (χ1) is 7.16. The normalized spacial score (nSPS) is 43.4. The van der Waals surface area contributed by atoms with Gasteiger partial charge in [-0.2, -0.15) is 0 Å². The Morgan fingerprint density at radius 3 is 2.27 bits per heavy atom. The SMILES string of the molecule is CC1CN(CC2CCCCC2O)CC1C. The second-order valence-corrected chi connectivity index (χ2v) is 5.78. The largest absolute Gasteiger partial charge is 0.393 e. The monoisotopic (exact) mass is 211 g/mol. The third kappa shape index (κ3) is 2.73. The fourth-order valence-electron chi connectivity index (χ4n) is 3.13. The van der Waals surface area contributed by atoms with Gasteiger partial charge in [-0.3, -0.25) is 0 Å². The molecule has 1 N–H and O–H groups in total. The summed E-state index contributed by atoms with van der Waals surface area (Å²) >= 11 is 0. The van der Waals surface area contributed by atoms with Gasteiger partial charge in [-0.1, -0.05) is 26.7 Å². The van der Waals surface area contributed by atoms with Gasteiger partial charge in [-0.05, 0) is 30.6 Å². The molecule has 1 saturated heterocycles. The molecule has 0 radical (unpaired) electrons. The third-order valence-corrected chi connectivity index (χ3v) is 4.43. The molecule has 2 aliphatic rings. The summed E-state index contributed by atoms with van der Waals surface area (Å²) in [5.74, 6) is 2.23. The molecule has 2 heteroatoms. The molecule has 0 amide bonds. The Hall–Kier alpha value is -0.0800. The summed E-state index contributed by atoms with van der Waals surface area (Å²) in [7, 11) is 0. The first-order valence-corrected chi connectivity index (χ1v) is 6.57. The van der Waals surface area contributed by atoms with Crippen LogP contribution in [0.4, 0.5) is 0 Å². The average Bonchev–Trinajstić information content (AvgIpc) is 2.50. The molecule has 0 aromatic heterocycles. The van der Waals surface area contributed by atoms with Gasteiger partial charge in [0.2, 0.25) is 0 Å². The number of aliphatic hydroxyl groups excluding tert-OH is 1. The van der Waals surface area contributed by atoms with Gasteiger partial charge < -0.3 is 10.0 Å². The van der Waals surface area contributed by atoms with E-state index in [1.54, 1.807) is 0 Å². The maximum Gasteiger partial charge on any atom is 0.0580 e. The van der Waals surface area contributed by atoms with Crippen LogP contribution in [-0.4, -0.2) is 35.7 Å². The minimum atomic E-state index is -0.0232. The van der Waals surface area contributed by atoms with Crippen LogP contribution >= 0.6 is 0 Å². The Bertz CT molecular complexity index is 197. The van der Waals surface area contributed by atoms with Gasteiger partial charge in [-0.15, -0.1) is 0 Å². The van der Waals surface area contributed by atoms with Crippen LogP contribution in [-0.2, 0) is 0 Å². The molecular weight excluding hydrogens is 186 g/mol. The second kappa shape index (κ2) is 4.84. The van der Waals surface area contributed by atoms with Crippen LogP contribution in [0.15, 0.2) is 0 Å². The number of hydrogen-bond donors (Lipinski definition) is 1. The van der Waals surface area contributed by atoms with E-state index < -0.39 is 0 Å². The van der Waals surface area contributed by atoms with Crippen molar-refractivity contribution in [2.75, 3.05) is 19.6 Å². The highest BCUT2D eigenvalue weighted by Gasteiger charge is 2.30. The Morgan fingerprint density at radius 2 is 1.67 bits per heavy atom. The Kier molecular flexibility index (Phi) is 3.68. The minimum absolute atomic E-state index is 0.0232. The minimum Gasteiger partial charge on any atom is -0.393 e. The van der Waals surface area contributed by atoms with Crippen LogP contribution in [0.1, 0.15) is 39.5 Å². The predicted molar refractivity (Wildman–Crippen MR) is 62.7 cm³/mol. The molecule has 0 aromatic carbocycles. The number of nitrogens with zero attached hydrogens (tertiary/aromatic N) is 1. The predicted octanol–water partition coefficient (Wildman–Crippen LogP) is 2.13. The van der Waals surface area contributed by atoms with Gasteiger partial charge in [0.25, 0.3) is 0 Å². The third-order valence-electron chi connectivity index (χ3n) is 4.43. The Labute approximate surface area is 93.7 Å². The molecule has 4 atom stereocenters. The van der Waals surface area contributed by atoms with Gasteiger partial charge in [0, 0.05) is 19.6 Å². The zero-order chi connectivity index (χ0) is 10.8. The zero-order valence-electron chi connectivity index (χ0n) is 10.2. The lowest BCUT2D eigenvalue weighted by Gasteiger charge is -2.31. The molecule has 0 bridgehead atoms. The average molecular weight is 211 g/mol. The molecule has 2 nitrogen and oxygen atoms in total. The molecule has 1 aliphatic heterocycles. The second-order valence-electron chi connectivity index (χ2n) is 5.78. The van der Waals surface area contributed by atoms with Crippen molar-refractivity contribution in [1.29, 1.82) is 0 Å². The van der Waals surface area contributed by atoms with Crippen molar-refractivity contribution < 1.29 is 5.11 Å². The molecule has 2 rings (SSSR count). The first kappa shape index (κ1) is 11.4. The van der Waals surface area contributed by atoms with Crippen LogP contribution in [0, 0.1) is 17.8 Å². The maximum atomic E-state index is 9.93. The van der Waals surface area contributed by atoms with Crippen LogP contribution in [0.3, 0.4) is 0 Å². The van der Waals surface area contributed by atoms with Crippen LogP contribution < -0.4 is 0 Å². The van der Waals surface area contributed by atoms with Crippen molar-refractivity contribution >= 4 is 0 Å². The van der Waals surface area contributed by atoms with Crippen LogP contribution in [0.2, 0.25) is 0 Å². The summed E-state index contributed by atoms with van der Waals surface area (Å²) in [5, 5.41) is 9.93. The van der Waals surface area contributed by atoms with E-state index in [0.29, 0.717) is 5.92 Å². The van der Waals surface area contributed by atoms with Crippen molar-refractivity contribution in [3.8, 4) is 0 Å². The molecule has 88 valence electrons. The van der Waals surface area contributed by atoms with E-state index in [-0.39, 0.29) is 6.10 Å². The van der Waals surface area contributed by atoms with Crippen molar-refractivity contribution in [3.63, 3.8) is 0 Å². The van der Waals surface area contributed by atoms with E-state index in [1.165, 1.54) is 32.4 Å². The Balaban J connectivity index is 1.81. The zero-order valence-corrected chi connectivity index (χ0v) is 10.2. The van der Waals surface area contributed by atoms with Crippen molar-refractivity contribution in [2.24, 2.45) is 17.8 Å². The highest BCUT2D eigenvalue weighted by atomic mass is 16.3. The molecule has 0 spiro atoms. The first-order valence-electron chi connectivity index (χ1n) is 6.57. The molecule has 1 saturated carbocycles. The van der Waals surface area contributed by atoms with E-state index in [1.807, 2.05) is 0 Å². The molecule has 2 fully saturated rings. The van der Waals surface area contributed by atoms with Gasteiger partial charge in [-0.25, -0.2) is 0 Å². The molecule has 1 heterocycles. The number of aliphatic hydroxyl groups is 1. The molecule has 4 unspecified atom stereocenters. The van der Waals surface area contributed by atoms with Gasteiger partial charge in [0.15, 0.2) is 0 Å². The summed E-state index contributed by atoms with van der Waals surface area (Å²) in [6.07, 6.45) is 4.79. The van der Waals surface area contributed by atoms with E-state index >= 15 is 0 Å². The lowest BCUT2D eigenvalue weighted by Crippen LogP contribution is -2.36. The van der Waals surface area contributed by atoms with E-state index in [9.17, 15) is 5.11 Å². The summed E-state index contributed by atoms with van der Waals surface area (Å²) < 4.78 is 0. The molecule has 1 aliphatic carbocycles. The maximum absolute atomic E-state index is 9.93.